The molecule has 3 aromatic rings. The van der Waals surface area contributed by atoms with Gasteiger partial charge in [-0.1, -0.05) is 11.2 Å². The molecule has 0 aliphatic carbocycles. The van der Waals surface area contributed by atoms with E-state index in [1.165, 1.54) is 35.4 Å². The number of hydrogen-bond donors (Lipinski definition) is 1. The maximum atomic E-state index is 13.2. The third-order valence-electron chi connectivity index (χ3n) is 6.37. The molecule has 1 N–H and O–H groups in total. The third-order valence-corrected chi connectivity index (χ3v) is 6.37. The number of rotatable bonds is 6. The quantitative estimate of drug-likeness (QED) is 0.205. The molecule has 14 heteroatoms. The van der Waals surface area contributed by atoms with Crippen LogP contribution in [-0.4, -0.2) is 68.5 Å². The van der Waals surface area contributed by atoms with Crippen molar-refractivity contribution in [3.05, 3.63) is 81.3 Å². The van der Waals surface area contributed by atoms with Gasteiger partial charge in [-0.05, 0) is 38.0 Å². The topological polar surface area (TPSA) is 173 Å². The van der Waals surface area contributed by atoms with Gasteiger partial charge in [-0.3, -0.25) is 24.6 Å². The molecule has 0 saturated carbocycles. The summed E-state index contributed by atoms with van der Waals surface area (Å²) < 4.78 is 18.4. The second kappa shape index (κ2) is 11.8. The number of hydroxylamine groups is 2. The molecule has 0 bridgehead atoms. The molecule has 2 aliphatic heterocycles. The molecule has 1 fully saturated rings. The number of imide groups is 1. The third kappa shape index (κ3) is 5.86. The predicted molar refractivity (Wildman–Crippen MR) is 135 cm³/mol. The number of nitro groups is 1. The lowest BCUT2D eigenvalue weighted by Gasteiger charge is -2.29. The number of carbonyl (C=O) groups is 4. The van der Waals surface area contributed by atoms with E-state index in [1.54, 1.807) is 13.0 Å². The summed E-state index contributed by atoms with van der Waals surface area (Å²) in [7, 11) is 0. The molecule has 2 aromatic carbocycles. The average molecular weight is 554 g/mol. The first-order valence-corrected chi connectivity index (χ1v) is 12.2. The minimum atomic E-state index is -1.21. The molecule has 0 spiro atoms. The van der Waals surface area contributed by atoms with E-state index in [4.69, 9.17) is 14.5 Å². The number of piperidine rings is 1. The van der Waals surface area contributed by atoms with E-state index < -0.39 is 28.7 Å². The van der Waals surface area contributed by atoms with Crippen LogP contribution in [0.5, 0.6) is 0 Å². The van der Waals surface area contributed by atoms with Crippen LogP contribution in [0.25, 0.3) is 11.0 Å². The van der Waals surface area contributed by atoms with Crippen molar-refractivity contribution in [1.82, 2.24) is 15.1 Å². The molecule has 3 heterocycles. The van der Waals surface area contributed by atoms with Crippen molar-refractivity contribution in [2.24, 2.45) is 0 Å². The number of fused-ring (bicyclic) bond motifs is 2. The minimum Gasteiger partial charge on any atom is -0.478 e. The van der Waals surface area contributed by atoms with Gasteiger partial charge in [0.15, 0.2) is 5.58 Å². The number of amides is 2. The van der Waals surface area contributed by atoms with Crippen molar-refractivity contribution in [2.75, 3.05) is 19.6 Å². The zero-order valence-corrected chi connectivity index (χ0v) is 21.1. The number of aliphatic carboxylic acids is 1. The molecule has 0 atom stereocenters. The molecule has 0 unspecified atom stereocenters. The summed E-state index contributed by atoms with van der Waals surface area (Å²) in [5.41, 5.74) is 0.895. The van der Waals surface area contributed by atoms with E-state index >= 15 is 0 Å². The maximum absolute atomic E-state index is 13.2. The predicted octanol–water partition coefficient (Wildman–Crippen LogP) is 3.46. The van der Waals surface area contributed by atoms with Gasteiger partial charge in [0.25, 0.3) is 17.5 Å². The molecular weight excluding hydrogens is 531 g/mol. The Kier molecular flexibility index (Phi) is 8.29. The second-order valence-corrected chi connectivity index (χ2v) is 8.80. The van der Waals surface area contributed by atoms with Gasteiger partial charge in [0, 0.05) is 55.2 Å². The first-order valence-electron chi connectivity index (χ1n) is 12.2. The standard InChI is InChI=1S/C16H15FN2O5.C10H8N2O4/c17-11-1-2-12-13(9-11)23-18-16(12)10-5-7-19(8-6-10)24-15(22)4-3-14(20)21;1-2-11-9(13)6-4-3-5-7(12(15)16)8(6)10(11)14/h1-4,9-10H,5-8H2,(H,20,21);3-5H,2H2,1H3/b4-3+;. The smallest absolute Gasteiger partial charge is 0.349 e. The Labute approximate surface area is 225 Å². The fraction of sp³-hybridized carbons (Fsp3) is 0.269. The molecule has 1 aromatic heterocycles. The number of nitrogens with zero attached hydrogens (tertiary/aromatic N) is 4. The average Bonchev–Trinajstić information content (AvgIpc) is 3.45. The summed E-state index contributed by atoms with van der Waals surface area (Å²) in [5, 5.41) is 25.5. The van der Waals surface area contributed by atoms with Crippen LogP contribution < -0.4 is 0 Å². The Balaban J connectivity index is 0.000000201. The number of hydrogen-bond acceptors (Lipinski definition) is 10. The molecule has 1 saturated heterocycles. The monoisotopic (exact) mass is 554 g/mol. The van der Waals surface area contributed by atoms with Crippen LogP contribution in [-0.2, 0) is 14.4 Å². The van der Waals surface area contributed by atoms with Gasteiger partial charge in [-0.2, -0.15) is 0 Å². The molecule has 13 nitrogen and oxygen atoms in total. The Morgan fingerprint density at radius 3 is 2.58 bits per heavy atom. The van der Waals surface area contributed by atoms with E-state index in [9.17, 15) is 33.7 Å². The summed E-state index contributed by atoms with van der Waals surface area (Å²) in [6.07, 6.45) is 2.98. The van der Waals surface area contributed by atoms with E-state index in [2.05, 4.69) is 5.16 Å². The van der Waals surface area contributed by atoms with Crippen LogP contribution >= 0.6 is 0 Å². The molecule has 0 radical (unpaired) electrons. The number of halogens is 1. The maximum Gasteiger partial charge on any atom is 0.349 e. The first-order chi connectivity index (χ1) is 19.1. The highest BCUT2D eigenvalue weighted by atomic mass is 19.1. The highest BCUT2D eigenvalue weighted by Crippen LogP contribution is 2.33. The molecule has 208 valence electrons. The second-order valence-electron chi connectivity index (χ2n) is 8.80. The molecule has 2 amide bonds. The summed E-state index contributed by atoms with van der Waals surface area (Å²) in [6, 6.07) is 8.38. The van der Waals surface area contributed by atoms with Crippen molar-refractivity contribution in [3.63, 3.8) is 0 Å². The van der Waals surface area contributed by atoms with Crippen LogP contribution in [0.15, 0.2) is 53.1 Å². The Morgan fingerprint density at radius 2 is 1.93 bits per heavy atom. The van der Waals surface area contributed by atoms with E-state index in [1.807, 2.05) is 0 Å². The number of aromatic nitrogens is 1. The highest BCUT2D eigenvalue weighted by molar-refractivity contribution is 6.23. The van der Waals surface area contributed by atoms with E-state index in [-0.39, 0.29) is 35.1 Å². The first kappa shape index (κ1) is 28.0. The lowest BCUT2D eigenvalue weighted by atomic mass is 9.92. The van der Waals surface area contributed by atoms with Crippen LogP contribution in [0, 0.1) is 15.9 Å². The Bertz CT molecular complexity index is 1530. The van der Waals surface area contributed by atoms with Gasteiger partial charge in [0.05, 0.1) is 16.2 Å². The number of nitro benzene ring substituents is 1. The SMILES string of the molecule is CCN1C(=O)c2cccc([N+](=O)[O-])c2C1=O.O=C(O)/C=C/C(=O)ON1CCC(c2noc3cc(F)ccc23)CC1. The largest absolute Gasteiger partial charge is 0.478 e. The fourth-order valence-electron chi connectivity index (χ4n) is 4.50. The fourth-order valence-corrected chi connectivity index (χ4v) is 4.50. The number of carbonyl (C=O) groups excluding carboxylic acids is 3. The zero-order chi connectivity index (χ0) is 29.0. The number of carboxylic acids is 1. The Morgan fingerprint density at radius 1 is 1.20 bits per heavy atom. The molecule has 40 heavy (non-hydrogen) atoms. The lowest BCUT2D eigenvalue weighted by molar-refractivity contribution is -0.385. The molecular formula is C26H23FN4O9. The summed E-state index contributed by atoms with van der Waals surface area (Å²) in [5.74, 6) is -3.23. The van der Waals surface area contributed by atoms with Crippen LogP contribution in [0.3, 0.4) is 0 Å². The summed E-state index contributed by atoms with van der Waals surface area (Å²) in [6.45, 7) is 2.84. The number of carboxylic acid groups (broad SMARTS) is 1. The van der Waals surface area contributed by atoms with Crippen molar-refractivity contribution in [1.29, 1.82) is 0 Å². The summed E-state index contributed by atoms with van der Waals surface area (Å²) in [4.78, 5) is 61.4. The normalized spacial score (nSPS) is 15.7. The van der Waals surface area contributed by atoms with Gasteiger partial charge >= 0.3 is 11.9 Å². The van der Waals surface area contributed by atoms with Crippen molar-refractivity contribution < 1.29 is 43.0 Å². The van der Waals surface area contributed by atoms with Gasteiger partial charge in [0.1, 0.15) is 11.4 Å². The summed E-state index contributed by atoms with van der Waals surface area (Å²) >= 11 is 0. The number of benzene rings is 2. The highest BCUT2D eigenvalue weighted by Gasteiger charge is 2.39. The van der Waals surface area contributed by atoms with Gasteiger partial charge in [-0.25, -0.2) is 14.0 Å². The van der Waals surface area contributed by atoms with Gasteiger partial charge in [0.2, 0.25) is 0 Å². The van der Waals surface area contributed by atoms with E-state index in [0.29, 0.717) is 31.5 Å². The van der Waals surface area contributed by atoms with E-state index in [0.717, 1.165) is 28.1 Å². The van der Waals surface area contributed by atoms with Crippen LogP contribution in [0.2, 0.25) is 0 Å². The Hall–Kier alpha value is -4.98. The minimum absolute atomic E-state index is 0.0978. The van der Waals surface area contributed by atoms with Crippen LogP contribution in [0.4, 0.5) is 10.1 Å². The zero-order valence-electron chi connectivity index (χ0n) is 21.1. The molecule has 5 rings (SSSR count). The molecule has 2 aliphatic rings. The van der Waals surface area contributed by atoms with Crippen LogP contribution in [0.1, 0.15) is 52.1 Å². The van der Waals surface area contributed by atoms with Crippen molar-refractivity contribution in [2.45, 2.75) is 25.7 Å². The van der Waals surface area contributed by atoms with Gasteiger partial charge in [-0.15, -0.1) is 5.06 Å². The van der Waals surface area contributed by atoms with Crippen molar-refractivity contribution in [3.8, 4) is 0 Å². The van der Waals surface area contributed by atoms with Crippen molar-refractivity contribution >= 4 is 40.4 Å². The lowest BCUT2D eigenvalue weighted by Crippen LogP contribution is -2.34. The van der Waals surface area contributed by atoms with Gasteiger partial charge < -0.3 is 14.5 Å².